The van der Waals surface area contributed by atoms with Crippen molar-refractivity contribution in [2.24, 2.45) is 17.8 Å². The Hall–Kier alpha value is -0.180. The van der Waals surface area contributed by atoms with Crippen LogP contribution in [0.1, 0.15) is 19.8 Å². The maximum atomic E-state index is 11.3. The molecule has 1 heterocycles. The zero-order chi connectivity index (χ0) is 8.51. The second kappa shape index (κ2) is 1.84. The Morgan fingerprint density at radius 3 is 2.92 bits per heavy atom. The second-order valence-corrected chi connectivity index (χ2v) is 5.49. The lowest BCUT2D eigenvalue weighted by Gasteiger charge is -2.31. The standard InChI is InChI=1S/C9H12O2S/c1-9(12)4-2-5-6(3-4)8(10)11-7(5)9/h4-7,12H,2-3H2,1H3. The minimum absolute atomic E-state index is 0.0327. The van der Waals surface area contributed by atoms with Crippen molar-refractivity contribution in [1.82, 2.24) is 0 Å². The first-order valence-electron chi connectivity index (χ1n) is 4.53. The van der Waals surface area contributed by atoms with E-state index in [1.54, 1.807) is 0 Å². The van der Waals surface area contributed by atoms with Gasteiger partial charge in [-0.25, -0.2) is 0 Å². The Kier molecular flexibility index (Phi) is 1.11. The van der Waals surface area contributed by atoms with Gasteiger partial charge in [0.05, 0.1) is 10.7 Å². The molecule has 0 aromatic rings. The quantitative estimate of drug-likeness (QED) is 0.453. The number of ether oxygens (including phenoxy) is 1. The van der Waals surface area contributed by atoms with E-state index in [1.165, 1.54) is 0 Å². The normalized spacial score (nSPS) is 61.0. The fourth-order valence-corrected chi connectivity index (χ4v) is 3.69. The SMILES string of the molecule is CC1(S)C2CC3C(=O)OC1C3C2. The van der Waals surface area contributed by atoms with Crippen molar-refractivity contribution in [3.63, 3.8) is 0 Å². The Bertz CT molecular complexity index is 261. The highest BCUT2D eigenvalue weighted by molar-refractivity contribution is 7.81. The van der Waals surface area contributed by atoms with Crippen LogP contribution >= 0.6 is 12.6 Å². The van der Waals surface area contributed by atoms with Crippen LogP contribution in [0, 0.1) is 17.8 Å². The topological polar surface area (TPSA) is 26.3 Å². The van der Waals surface area contributed by atoms with Gasteiger partial charge in [0, 0.05) is 5.92 Å². The van der Waals surface area contributed by atoms with Crippen molar-refractivity contribution in [2.75, 3.05) is 0 Å². The van der Waals surface area contributed by atoms with Gasteiger partial charge in [-0.2, -0.15) is 12.6 Å². The Balaban J connectivity index is 2.07. The van der Waals surface area contributed by atoms with E-state index >= 15 is 0 Å². The molecule has 2 aliphatic carbocycles. The summed E-state index contributed by atoms with van der Waals surface area (Å²) in [6.07, 6.45) is 2.28. The molecule has 1 aliphatic heterocycles. The molecule has 3 fully saturated rings. The third-order valence-corrected chi connectivity index (χ3v) is 4.57. The van der Waals surface area contributed by atoms with Crippen LogP contribution in [0.5, 0.6) is 0 Å². The van der Waals surface area contributed by atoms with Gasteiger partial charge in [0.15, 0.2) is 0 Å². The number of fused-ring (bicyclic) bond motifs is 1. The van der Waals surface area contributed by atoms with Crippen molar-refractivity contribution in [3.05, 3.63) is 0 Å². The van der Waals surface area contributed by atoms with Crippen molar-refractivity contribution in [3.8, 4) is 0 Å². The summed E-state index contributed by atoms with van der Waals surface area (Å²) in [4.78, 5) is 11.3. The molecule has 3 rings (SSSR count). The number of thiol groups is 1. The van der Waals surface area contributed by atoms with E-state index in [-0.39, 0.29) is 22.7 Å². The van der Waals surface area contributed by atoms with Crippen molar-refractivity contribution < 1.29 is 9.53 Å². The van der Waals surface area contributed by atoms with Crippen LogP contribution in [0.2, 0.25) is 0 Å². The van der Waals surface area contributed by atoms with Gasteiger partial charge in [0.2, 0.25) is 0 Å². The molecular formula is C9H12O2S. The van der Waals surface area contributed by atoms with Crippen molar-refractivity contribution >= 4 is 18.6 Å². The first-order chi connectivity index (χ1) is 5.60. The average Bonchev–Trinajstić information content (AvgIpc) is 2.53. The van der Waals surface area contributed by atoms with Gasteiger partial charge >= 0.3 is 5.97 Å². The molecule has 0 N–H and O–H groups in total. The van der Waals surface area contributed by atoms with E-state index in [1.807, 2.05) is 0 Å². The van der Waals surface area contributed by atoms with Crippen LogP contribution in [-0.2, 0) is 9.53 Å². The molecule has 2 bridgehead atoms. The zero-order valence-corrected chi connectivity index (χ0v) is 7.88. The highest BCUT2D eigenvalue weighted by atomic mass is 32.1. The van der Waals surface area contributed by atoms with E-state index in [9.17, 15) is 4.79 Å². The summed E-state index contributed by atoms with van der Waals surface area (Å²) < 4.78 is 5.29. The Labute approximate surface area is 77.1 Å². The minimum Gasteiger partial charge on any atom is -0.460 e. The van der Waals surface area contributed by atoms with E-state index in [2.05, 4.69) is 19.6 Å². The van der Waals surface area contributed by atoms with Crippen LogP contribution in [0.3, 0.4) is 0 Å². The molecule has 2 nitrogen and oxygen atoms in total. The fourth-order valence-electron chi connectivity index (χ4n) is 3.24. The van der Waals surface area contributed by atoms with Crippen LogP contribution in [-0.4, -0.2) is 16.8 Å². The molecule has 0 radical (unpaired) electrons. The summed E-state index contributed by atoms with van der Waals surface area (Å²) in [6, 6.07) is 0. The van der Waals surface area contributed by atoms with Crippen LogP contribution in [0.4, 0.5) is 0 Å². The number of carbonyl (C=O) groups excluding carboxylic acids is 1. The van der Waals surface area contributed by atoms with Gasteiger partial charge in [-0.1, -0.05) is 0 Å². The molecule has 0 aromatic carbocycles. The summed E-state index contributed by atoms with van der Waals surface area (Å²) in [5, 5.41) is 0. The molecular weight excluding hydrogens is 172 g/mol. The largest absolute Gasteiger partial charge is 0.460 e. The van der Waals surface area contributed by atoms with Gasteiger partial charge in [-0.15, -0.1) is 0 Å². The van der Waals surface area contributed by atoms with Gasteiger partial charge in [0.25, 0.3) is 0 Å². The minimum atomic E-state index is -0.0483. The van der Waals surface area contributed by atoms with Gasteiger partial charge in [-0.3, -0.25) is 4.79 Å². The van der Waals surface area contributed by atoms with Crippen LogP contribution < -0.4 is 0 Å². The van der Waals surface area contributed by atoms with E-state index in [4.69, 9.17) is 4.74 Å². The maximum absolute atomic E-state index is 11.3. The molecule has 0 amide bonds. The van der Waals surface area contributed by atoms with Gasteiger partial charge in [0.1, 0.15) is 6.10 Å². The summed E-state index contributed by atoms with van der Waals surface area (Å²) in [7, 11) is 0. The number of esters is 1. The third kappa shape index (κ3) is 0.595. The monoisotopic (exact) mass is 184 g/mol. The third-order valence-electron chi connectivity index (χ3n) is 3.95. The molecule has 66 valence electrons. The van der Waals surface area contributed by atoms with Gasteiger partial charge in [-0.05, 0) is 25.7 Å². The smallest absolute Gasteiger partial charge is 0.309 e. The number of hydrogen-bond acceptors (Lipinski definition) is 3. The molecule has 1 saturated heterocycles. The molecule has 5 unspecified atom stereocenters. The molecule has 3 aliphatic rings. The summed E-state index contributed by atoms with van der Waals surface area (Å²) >= 11 is 4.62. The Morgan fingerprint density at radius 1 is 1.58 bits per heavy atom. The Morgan fingerprint density at radius 2 is 2.33 bits per heavy atom. The zero-order valence-electron chi connectivity index (χ0n) is 6.99. The van der Waals surface area contributed by atoms with E-state index in [0.717, 1.165) is 12.8 Å². The summed E-state index contributed by atoms with van der Waals surface area (Å²) in [5.41, 5.74) is 0. The van der Waals surface area contributed by atoms with Crippen molar-refractivity contribution in [2.45, 2.75) is 30.6 Å². The molecule has 5 atom stereocenters. The first-order valence-corrected chi connectivity index (χ1v) is 4.98. The predicted octanol–water partition coefficient (Wildman–Crippen LogP) is 1.26. The highest BCUT2D eigenvalue weighted by Gasteiger charge is 2.65. The van der Waals surface area contributed by atoms with Crippen LogP contribution in [0.25, 0.3) is 0 Å². The van der Waals surface area contributed by atoms with Crippen LogP contribution in [0.15, 0.2) is 0 Å². The predicted molar refractivity (Wildman–Crippen MR) is 47.0 cm³/mol. The van der Waals surface area contributed by atoms with Crippen molar-refractivity contribution in [1.29, 1.82) is 0 Å². The van der Waals surface area contributed by atoms with Gasteiger partial charge < -0.3 is 4.74 Å². The molecule has 0 spiro atoms. The number of rotatable bonds is 0. The van der Waals surface area contributed by atoms with E-state index in [0.29, 0.717) is 11.8 Å². The second-order valence-electron chi connectivity index (χ2n) is 4.52. The first kappa shape index (κ1) is 7.25. The summed E-state index contributed by atoms with van der Waals surface area (Å²) in [5.74, 6) is 1.35. The number of carbonyl (C=O) groups is 1. The average molecular weight is 184 g/mol. The number of hydrogen-bond donors (Lipinski definition) is 1. The fraction of sp³-hybridized carbons (Fsp3) is 0.889. The maximum Gasteiger partial charge on any atom is 0.309 e. The molecule has 2 saturated carbocycles. The lowest BCUT2D eigenvalue weighted by molar-refractivity contribution is -0.143. The van der Waals surface area contributed by atoms with E-state index < -0.39 is 0 Å². The molecule has 0 aromatic heterocycles. The lowest BCUT2D eigenvalue weighted by Crippen LogP contribution is -2.38. The lowest BCUT2D eigenvalue weighted by atomic mass is 9.82. The molecule has 3 heteroatoms. The molecule has 12 heavy (non-hydrogen) atoms. The highest BCUT2D eigenvalue weighted by Crippen LogP contribution is 2.61. The summed E-state index contributed by atoms with van der Waals surface area (Å²) in [6.45, 7) is 2.11.